The van der Waals surface area contributed by atoms with Crippen molar-refractivity contribution in [1.29, 1.82) is 0 Å². The highest BCUT2D eigenvalue weighted by molar-refractivity contribution is 5.91. The fourth-order valence-electron chi connectivity index (χ4n) is 3.06. The summed E-state index contributed by atoms with van der Waals surface area (Å²) in [6.07, 6.45) is 7.38. The summed E-state index contributed by atoms with van der Waals surface area (Å²) in [5.74, 6) is -1.17. The van der Waals surface area contributed by atoms with Crippen LogP contribution in [-0.2, 0) is 0 Å². The number of fused-ring (bicyclic) bond motifs is 1. The summed E-state index contributed by atoms with van der Waals surface area (Å²) in [5.41, 5.74) is 4.12. The average molecular weight is 376 g/mol. The van der Waals surface area contributed by atoms with Crippen molar-refractivity contribution in [3.63, 3.8) is 0 Å². The first kappa shape index (κ1) is 17.9. The van der Waals surface area contributed by atoms with Crippen LogP contribution in [0.2, 0.25) is 0 Å². The number of benzene rings is 2. The van der Waals surface area contributed by atoms with E-state index in [-0.39, 0.29) is 6.04 Å². The van der Waals surface area contributed by atoms with Crippen LogP contribution in [0.25, 0.3) is 23.1 Å². The lowest BCUT2D eigenvalue weighted by Gasteiger charge is -2.16. The van der Waals surface area contributed by atoms with Crippen molar-refractivity contribution < 1.29 is 8.78 Å². The number of anilines is 1. The molecule has 4 rings (SSSR count). The van der Waals surface area contributed by atoms with Gasteiger partial charge < -0.3 is 5.32 Å². The molecule has 28 heavy (non-hydrogen) atoms. The number of rotatable bonds is 5. The molecule has 0 saturated carbocycles. The quantitative estimate of drug-likeness (QED) is 0.478. The molecule has 0 spiro atoms. The lowest BCUT2D eigenvalue weighted by Crippen LogP contribution is -2.07. The van der Waals surface area contributed by atoms with Gasteiger partial charge in [0.15, 0.2) is 0 Å². The zero-order valence-corrected chi connectivity index (χ0v) is 15.2. The molecule has 0 saturated heterocycles. The molecule has 0 aliphatic carbocycles. The molecule has 2 heterocycles. The summed E-state index contributed by atoms with van der Waals surface area (Å²) in [6.45, 7) is 1.86. The highest BCUT2D eigenvalue weighted by Gasteiger charge is 2.10. The molecular formula is C22H18F2N4. The highest BCUT2D eigenvalue weighted by atomic mass is 19.1. The van der Waals surface area contributed by atoms with Gasteiger partial charge in [0.1, 0.15) is 11.6 Å². The van der Waals surface area contributed by atoms with Crippen LogP contribution < -0.4 is 5.32 Å². The normalized spacial score (nSPS) is 12.5. The number of hydrogen-bond donors (Lipinski definition) is 2. The lowest BCUT2D eigenvalue weighted by atomic mass is 10.1. The third kappa shape index (κ3) is 3.91. The Morgan fingerprint density at radius 1 is 0.964 bits per heavy atom. The molecule has 4 nitrogen and oxygen atoms in total. The predicted octanol–water partition coefficient (Wildman–Crippen LogP) is 5.58. The van der Waals surface area contributed by atoms with E-state index in [9.17, 15) is 8.78 Å². The molecule has 6 heteroatoms. The number of pyridine rings is 1. The molecule has 0 aliphatic heterocycles. The Morgan fingerprint density at radius 3 is 2.46 bits per heavy atom. The smallest absolute Gasteiger partial charge is 0.126 e. The van der Waals surface area contributed by atoms with Crippen molar-refractivity contribution in [2.45, 2.75) is 13.0 Å². The summed E-state index contributed by atoms with van der Waals surface area (Å²) >= 11 is 0. The Morgan fingerprint density at radius 2 is 1.71 bits per heavy atom. The van der Waals surface area contributed by atoms with Crippen molar-refractivity contribution in [1.82, 2.24) is 15.2 Å². The Hall–Kier alpha value is -3.54. The van der Waals surface area contributed by atoms with Gasteiger partial charge in [-0.3, -0.25) is 10.1 Å². The Labute approximate surface area is 160 Å². The number of aromatic amines is 1. The van der Waals surface area contributed by atoms with Gasteiger partial charge in [-0.1, -0.05) is 6.08 Å². The van der Waals surface area contributed by atoms with Gasteiger partial charge in [0.05, 0.1) is 11.2 Å². The maximum absolute atomic E-state index is 13.5. The van der Waals surface area contributed by atoms with Gasteiger partial charge in [-0.2, -0.15) is 5.10 Å². The third-order valence-corrected chi connectivity index (χ3v) is 4.50. The van der Waals surface area contributed by atoms with E-state index in [2.05, 4.69) is 20.5 Å². The van der Waals surface area contributed by atoms with Crippen LogP contribution in [0.3, 0.4) is 0 Å². The second-order valence-corrected chi connectivity index (χ2v) is 6.55. The minimum absolute atomic E-state index is 0.259. The van der Waals surface area contributed by atoms with Crippen LogP contribution in [0.1, 0.15) is 29.8 Å². The summed E-state index contributed by atoms with van der Waals surface area (Å²) in [7, 11) is 0. The van der Waals surface area contributed by atoms with E-state index >= 15 is 0 Å². The highest BCUT2D eigenvalue weighted by Crippen LogP contribution is 2.26. The summed E-state index contributed by atoms with van der Waals surface area (Å²) < 4.78 is 27.0. The molecule has 0 aliphatic rings. The van der Waals surface area contributed by atoms with E-state index < -0.39 is 11.6 Å². The maximum atomic E-state index is 13.5. The van der Waals surface area contributed by atoms with Gasteiger partial charge >= 0.3 is 0 Å². The van der Waals surface area contributed by atoms with E-state index in [0.29, 0.717) is 5.56 Å². The number of nitrogens with one attached hydrogen (secondary N) is 2. The first-order valence-electron chi connectivity index (χ1n) is 8.87. The standard InChI is InChI=1S/C22H18F2N4/c1-14(16-10-17(23)12-18(24)11-16)26-19-3-5-22-20(13-19)21(27-28-22)4-2-15-6-8-25-9-7-15/h2-14,26H,1H3,(H,27,28). The van der Waals surface area contributed by atoms with Gasteiger partial charge in [-0.15, -0.1) is 0 Å². The van der Waals surface area contributed by atoms with Gasteiger partial charge in [-0.25, -0.2) is 8.78 Å². The lowest BCUT2D eigenvalue weighted by molar-refractivity contribution is 0.577. The molecular weight excluding hydrogens is 358 g/mol. The molecule has 0 bridgehead atoms. The first-order valence-corrected chi connectivity index (χ1v) is 8.87. The van der Waals surface area contributed by atoms with Gasteiger partial charge in [0.2, 0.25) is 0 Å². The zero-order chi connectivity index (χ0) is 19.5. The van der Waals surface area contributed by atoms with Crippen molar-refractivity contribution in [2.24, 2.45) is 0 Å². The summed E-state index contributed by atoms with van der Waals surface area (Å²) in [6, 6.07) is 12.9. The monoisotopic (exact) mass is 376 g/mol. The Balaban J connectivity index is 1.59. The molecule has 140 valence electrons. The summed E-state index contributed by atoms with van der Waals surface area (Å²) in [4.78, 5) is 4.00. The fourth-order valence-corrected chi connectivity index (χ4v) is 3.06. The Bertz CT molecular complexity index is 1120. The topological polar surface area (TPSA) is 53.6 Å². The third-order valence-electron chi connectivity index (χ3n) is 4.50. The zero-order valence-electron chi connectivity index (χ0n) is 15.2. The average Bonchev–Trinajstić information content (AvgIpc) is 3.09. The molecule has 0 radical (unpaired) electrons. The van der Waals surface area contributed by atoms with E-state index in [4.69, 9.17) is 0 Å². The maximum Gasteiger partial charge on any atom is 0.126 e. The number of H-pyrrole nitrogens is 1. The van der Waals surface area contributed by atoms with Gasteiger partial charge in [-0.05, 0) is 66.6 Å². The minimum Gasteiger partial charge on any atom is -0.378 e. The second kappa shape index (κ2) is 7.60. The van der Waals surface area contributed by atoms with Crippen LogP contribution in [-0.4, -0.2) is 15.2 Å². The Kier molecular flexibility index (Phi) is 4.85. The number of aromatic nitrogens is 3. The minimum atomic E-state index is -0.586. The predicted molar refractivity (Wildman–Crippen MR) is 108 cm³/mol. The molecule has 2 N–H and O–H groups in total. The molecule has 1 unspecified atom stereocenters. The van der Waals surface area contributed by atoms with Crippen LogP contribution in [0.5, 0.6) is 0 Å². The summed E-state index contributed by atoms with van der Waals surface area (Å²) in [5, 5.41) is 11.6. The first-order chi connectivity index (χ1) is 13.6. The second-order valence-electron chi connectivity index (χ2n) is 6.55. The van der Waals surface area contributed by atoms with Crippen molar-refractivity contribution in [3.05, 3.63) is 89.4 Å². The van der Waals surface area contributed by atoms with Crippen LogP contribution in [0, 0.1) is 11.6 Å². The molecule has 2 aromatic heterocycles. The van der Waals surface area contributed by atoms with Crippen molar-refractivity contribution in [3.8, 4) is 0 Å². The molecule has 0 fully saturated rings. The van der Waals surface area contributed by atoms with Crippen LogP contribution >= 0.6 is 0 Å². The van der Waals surface area contributed by atoms with Crippen molar-refractivity contribution in [2.75, 3.05) is 5.32 Å². The molecule has 0 amide bonds. The van der Waals surface area contributed by atoms with E-state index in [1.54, 1.807) is 12.4 Å². The van der Waals surface area contributed by atoms with E-state index in [1.807, 2.05) is 49.4 Å². The SMILES string of the molecule is CC(Nc1ccc2[nH]nc(C=Cc3ccncc3)c2c1)c1cc(F)cc(F)c1. The molecule has 2 aromatic carbocycles. The van der Waals surface area contributed by atoms with E-state index in [0.717, 1.165) is 33.9 Å². The van der Waals surface area contributed by atoms with Crippen LogP contribution in [0.15, 0.2) is 60.9 Å². The number of hydrogen-bond acceptors (Lipinski definition) is 3. The largest absolute Gasteiger partial charge is 0.378 e. The van der Waals surface area contributed by atoms with Gasteiger partial charge in [0, 0.05) is 35.6 Å². The van der Waals surface area contributed by atoms with Crippen molar-refractivity contribution >= 4 is 28.7 Å². The molecule has 4 aromatic rings. The number of nitrogens with zero attached hydrogens (tertiary/aromatic N) is 2. The van der Waals surface area contributed by atoms with E-state index in [1.165, 1.54) is 12.1 Å². The fraction of sp³-hybridized carbons (Fsp3) is 0.0909. The number of halogens is 2. The molecule has 1 atom stereocenters. The van der Waals surface area contributed by atoms with Crippen LogP contribution in [0.4, 0.5) is 14.5 Å². The van der Waals surface area contributed by atoms with Gasteiger partial charge in [0.25, 0.3) is 0 Å².